The zero-order chi connectivity index (χ0) is 25.8. The fraction of sp³-hybridized carbons (Fsp3) is 0.333. The van der Waals surface area contributed by atoms with Crippen LogP contribution in [0.15, 0.2) is 51.7 Å². The highest BCUT2D eigenvalue weighted by molar-refractivity contribution is 5.71. The number of hydrogen-bond donors (Lipinski definition) is 2. The Hall–Kier alpha value is -3.98. The number of carbonyl (C=O) groups is 1. The van der Waals surface area contributed by atoms with Gasteiger partial charge in [0.15, 0.2) is 17.3 Å². The monoisotopic (exact) mass is 495 g/mol. The molecule has 9 heteroatoms. The summed E-state index contributed by atoms with van der Waals surface area (Å²) in [6.45, 7) is 1.65. The van der Waals surface area contributed by atoms with Gasteiger partial charge in [0, 0.05) is 19.2 Å². The molecule has 36 heavy (non-hydrogen) atoms. The van der Waals surface area contributed by atoms with Crippen molar-refractivity contribution in [3.8, 4) is 23.0 Å². The molecule has 0 amide bonds. The zero-order valence-corrected chi connectivity index (χ0v) is 20.4. The van der Waals surface area contributed by atoms with E-state index in [9.17, 15) is 19.8 Å². The lowest BCUT2D eigenvalue weighted by molar-refractivity contribution is -0.140. The van der Waals surface area contributed by atoms with Gasteiger partial charge in [0.2, 0.25) is 11.2 Å². The fourth-order valence-corrected chi connectivity index (χ4v) is 4.52. The van der Waals surface area contributed by atoms with E-state index in [2.05, 4.69) is 4.90 Å². The number of carbonyl (C=O) groups excluding carboxylic acids is 1. The Morgan fingerprint density at radius 2 is 1.78 bits per heavy atom. The van der Waals surface area contributed by atoms with Crippen LogP contribution in [0.25, 0.3) is 0 Å². The molecule has 0 saturated carbocycles. The largest absolute Gasteiger partial charge is 0.508 e. The summed E-state index contributed by atoms with van der Waals surface area (Å²) in [5.74, 6) is -0.320. The molecule has 2 N–H and O–H groups in total. The van der Waals surface area contributed by atoms with Crippen molar-refractivity contribution in [3.63, 3.8) is 0 Å². The van der Waals surface area contributed by atoms with Gasteiger partial charge in [-0.3, -0.25) is 14.5 Å². The van der Waals surface area contributed by atoms with Gasteiger partial charge in [0.1, 0.15) is 11.5 Å². The van der Waals surface area contributed by atoms with E-state index in [1.807, 2.05) is 12.1 Å². The van der Waals surface area contributed by atoms with Gasteiger partial charge in [-0.15, -0.1) is 0 Å². The number of ether oxygens (including phenoxy) is 3. The molecule has 1 aromatic heterocycles. The summed E-state index contributed by atoms with van der Waals surface area (Å²) in [6.07, 6.45) is 0.595. The first-order chi connectivity index (χ1) is 17.3. The van der Waals surface area contributed by atoms with E-state index in [0.717, 1.165) is 18.5 Å². The number of benzene rings is 2. The maximum absolute atomic E-state index is 12.7. The van der Waals surface area contributed by atoms with Gasteiger partial charge >= 0.3 is 5.97 Å². The molecule has 1 aliphatic heterocycles. The van der Waals surface area contributed by atoms with E-state index in [1.54, 1.807) is 26.4 Å². The first kappa shape index (κ1) is 25.1. The van der Waals surface area contributed by atoms with Gasteiger partial charge in [0.05, 0.1) is 40.2 Å². The highest BCUT2D eigenvalue weighted by Crippen LogP contribution is 2.36. The Morgan fingerprint density at radius 1 is 1.06 bits per heavy atom. The highest BCUT2D eigenvalue weighted by Gasteiger charge is 2.28. The molecule has 190 valence electrons. The molecule has 0 spiro atoms. The maximum atomic E-state index is 12.7. The van der Waals surface area contributed by atoms with E-state index >= 15 is 0 Å². The molecule has 2 aromatic carbocycles. The van der Waals surface area contributed by atoms with E-state index in [1.165, 1.54) is 30.9 Å². The minimum atomic E-state index is -0.823. The Balaban J connectivity index is 1.65. The number of hydrogen-bond acceptors (Lipinski definition) is 9. The molecule has 9 nitrogen and oxygen atoms in total. The van der Waals surface area contributed by atoms with Crippen molar-refractivity contribution in [2.24, 2.45) is 0 Å². The van der Waals surface area contributed by atoms with Crippen LogP contribution in [0.3, 0.4) is 0 Å². The molecule has 2 heterocycles. The molecule has 0 unspecified atom stereocenters. The second-order valence-electron chi connectivity index (χ2n) is 8.65. The van der Waals surface area contributed by atoms with Crippen molar-refractivity contribution >= 4 is 5.97 Å². The van der Waals surface area contributed by atoms with Gasteiger partial charge < -0.3 is 28.8 Å². The van der Waals surface area contributed by atoms with Crippen LogP contribution in [0.5, 0.6) is 23.0 Å². The van der Waals surface area contributed by atoms with Crippen LogP contribution in [0.1, 0.15) is 40.5 Å². The van der Waals surface area contributed by atoms with Crippen LogP contribution < -0.4 is 14.9 Å². The molecular formula is C27H29NO8. The smallest absolute Gasteiger partial charge is 0.306 e. The third-order valence-electron chi connectivity index (χ3n) is 6.36. The molecular weight excluding hydrogens is 466 g/mol. The van der Waals surface area contributed by atoms with Gasteiger partial charge in [-0.25, -0.2) is 0 Å². The molecule has 0 aliphatic carbocycles. The summed E-state index contributed by atoms with van der Waals surface area (Å²) in [7, 11) is 4.45. The second kappa shape index (κ2) is 10.7. The van der Waals surface area contributed by atoms with E-state index in [-0.39, 0.29) is 17.9 Å². The van der Waals surface area contributed by atoms with Crippen molar-refractivity contribution in [1.29, 1.82) is 0 Å². The Labute approximate surface area is 208 Å². The Morgan fingerprint density at radius 3 is 2.44 bits per heavy atom. The predicted octanol–water partition coefficient (Wildman–Crippen LogP) is 3.32. The first-order valence-electron chi connectivity index (χ1n) is 11.5. The van der Waals surface area contributed by atoms with E-state index in [0.29, 0.717) is 35.9 Å². The number of phenolic OH excluding ortho intramolecular Hbond substituents is 1. The van der Waals surface area contributed by atoms with Crippen LogP contribution in [0.2, 0.25) is 0 Å². The number of rotatable bonds is 8. The van der Waals surface area contributed by atoms with Crippen molar-refractivity contribution in [3.05, 3.63) is 80.9 Å². The van der Waals surface area contributed by atoms with Crippen molar-refractivity contribution in [2.45, 2.75) is 31.8 Å². The molecule has 4 rings (SSSR count). The average Bonchev–Trinajstić information content (AvgIpc) is 2.88. The van der Waals surface area contributed by atoms with E-state index in [4.69, 9.17) is 18.6 Å². The van der Waals surface area contributed by atoms with Gasteiger partial charge in [-0.2, -0.15) is 0 Å². The van der Waals surface area contributed by atoms with Crippen LogP contribution in [0.4, 0.5) is 0 Å². The highest BCUT2D eigenvalue weighted by atomic mass is 16.5. The zero-order valence-electron chi connectivity index (χ0n) is 20.4. The van der Waals surface area contributed by atoms with Crippen molar-refractivity contribution < 1.29 is 33.6 Å². The quantitative estimate of drug-likeness (QED) is 0.454. The molecule has 0 bridgehead atoms. The summed E-state index contributed by atoms with van der Waals surface area (Å²) in [6, 6.07) is 11.4. The third-order valence-corrected chi connectivity index (χ3v) is 6.36. The number of phenols is 1. The number of aromatic hydroxyl groups is 2. The van der Waals surface area contributed by atoms with Crippen LogP contribution >= 0.6 is 0 Å². The standard InChI is InChI=1S/C27H29NO8/c1-33-23-10-16-7-8-28(14-18(16)11-24(23)34-2)15-20-12-22(30)26(32)27(36-20)21(13-25(31)35-3)17-5-4-6-19(29)9-17/h4-6,9-12,21,29,32H,7-8,13-15H2,1-3H3/t21-/m0/s1. The summed E-state index contributed by atoms with van der Waals surface area (Å²) < 4.78 is 21.7. The fourth-order valence-electron chi connectivity index (χ4n) is 4.52. The summed E-state index contributed by atoms with van der Waals surface area (Å²) in [4.78, 5) is 27.0. The molecule has 0 fully saturated rings. The van der Waals surface area contributed by atoms with Crippen molar-refractivity contribution in [2.75, 3.05) is 27.9 Å². The lowest BCUT2D eigenvalue weighted by Gasteiger charge is -2.29. The number of methoxy groups -OCH3 is 3. The first-order valence-corrected chi connectivity index (χ1v) is 11.5. The summed E-state index contributed by atoms with van der Waals surface area (Å²) in [5.41, 5.74) is 2.15. The van der Waals surface area contributed by atoms with Crippen LogP contribution in [-0.2, 0) is 29.0 Å². The summed E-state index contributed by atoms with van der Waals surface area (Å²) in [5, 5.41) is 20.5. The minimum absolute atomic E-state index is 0.0144. The maximum Gasteiger partial charge on any atom is 0.306 e. The third kappa shape index (κ3) is 5.31. The SMILES string of the molecule is COC(=O)C[C@@H](c1cccc(O)c1)c1oc(CN2CCc3cc(OC)c(OC)cc3C2)cc(=O)c1O. The van der Waals surface area contributed by atoms with Crippen LogP contribution in [0, 0.1) is 0 Å². The van der Waals surface area contributed by atoms with Gasteiger partial charge in [-0.05, 0) is 47.4 Å². The lowest BCUT2D eigenvalue weighted by atomic mass is 9.92. The number of esters is 1. The molecule has 1 aliphatic rings. The second-order valence-corrected chi connectivity index (χ2v) is 8.65. The topological polar surface area (TPSA) is 119 Å². The molecule has 0 saturated heterocycles. The Bertz CT molecular complexity index is 1320. The van der Waals surface area contributed by atoms with Gasteiger partial charge in [-0.1, -0.05) is 12.1 Å². The van der Waals surface area contributed by atoms with Crippen LogP contribution in [-0.4, -0.2) is 49.0 Å². The minimum Gasteiger partial charge on any atom is -0.508 e. The molecule has 3 aromatic rings. The van der Waals surface area contributed by atoms with Crippen molar-refractivity contribution in [1.82, 2.24) is 4.90 Å². The van der Waals surface area contributed by atoms with Gasteiger partial charge in [0.25, 0.3) is 0 Å². The molecule has 0 radical (unpaired) electrons. The number of nitrogens with zero attached hydrogens (tertiary/aromatic N) is 1. The number of fused-ring (bicyclic) bond motifs is 1. The molecule has 1 atom stereocenters. The Kier molecular flexibility index (Phi) is 7.49. The average molecular weight is 496 g/mol. The normalized spacial score (nSPS) is 14.1. The predicted molar refractivity (Wildman–Crippen MR) is 131 cm³/mol. The summed E-state index contributed by atoms with van der Waals surface area (Å²) >= 11 is 0. The van der Waals surface area contributed by atoms with E-state index < -0.39 is 23.1 Å². The lowest BCUT2D eigenvalue weighted by Crippen LogP contribution is -2.30.